The summed E-state index contributed by atoms with van der Waals surface area (Å²) in [6.45, 7) is -11.2. The monoisotopic (exact) mass is 228 g/mol. The van der Waals surface area contributed by atoms with Gasteiger partial charge in [0, 0.05) is 29.5 Å². The van der Waals surface area contributed by atoms with Crippen molar-refractivity contribution in [2.45, 2.75) is 6.92 Å². The number of hydrogen-bond donors (Lipinski definition) is 0. The summed E-state index contributed by atoms with van der Waals surface area (Å²) >= 11 is 0. The first-order valence-electron chi connectivity index (χ1n) is 8.92. The first-order chi connectivity index (χ1) is 9.37. The van der Waals surface area contributed by atoms with Crippen LogP contribution in [0.2, 0.25) is 0 Å². The second-order valence-corrected chi connectivity index (χ2v) is 2.33. The van der Waals surface area contributed by atoms with Crippen LogP contribution in [0.25, 0.3) is 0 Å². The Morgan fingerprint density at radius 1 is 1.00 bits per heavy atom. The molecule has 0 atom stereocenters. The molecular weight excluding hydrogens is 195 g/mol. The zero-order valence-corrected chi connectivity index (χ0v) is 8.34. The molecule has 12 heavy (non-hydrogen) atoms. The summed E-state index contributed by atoms with van der Waals surface area (Å²) in [6.07, 6.45) is 0. The zero-order valence-electron chi connectivity index (χ0n) is 18.7. The first-order valence-corrected chi connectivity index (χ1v) is 2.92. The van der Waals surface area contributed by atoms with Crippen molar-refractivity contribution in [2.24, 2.45) is 5.92 Å². The van der Waals surface area contributed by atoms with E-state index in [-0.39, 0.29) is 34.6 Å². The molecule has 0 aliphatic carbocycles. The minimum Gasteiger partial charge on any atom is -0.309 e. The molecule has 0 bridgehead atoms. The van der Waals surface area contributed by atoms with Gasteiger partial charge in [0.15, 0.2) is 0 Å². The Kier molecular flexibility index (Phi) is 2.86. The van der Waals surface area contributed by atoms with Gasteiger partial charge in [-0.3, -0.25) is 0 Å². The van der Waals surface area contributed by atoms with Crippen LogP contribution in [0.5, 0.6) is 0 Å². The fraction of sp³-hybridized carbons (Fsp3) is 1.00. The molecule has 0 spiro atoms. The summed E-state index contributed by atoms with van der Waals surface area (Å²) in [5.41, 5.74) is 0. The predicted molar refractivity (Wildman–Crippen MR) is 60.8 cm³/mol. The number of hydrogen-bond acceptors (Lipinski definition) is 2. The summed E-state index contributed by atoms with van der Waals surface area (Å²) < 4.78 is 86.8. The van der Waals surface area contributed by atoms with Crippen LogP contribution < -0.4 is 0 Å². The van der Waals surface area contributed by atoms with Gasteiger partial charge in [-0.05, 0) is 33.8 Å². The molecule has 0 radical (unpaired) electrons. The normalized spacial score (nSPS) is 29.0. The van der Waals surface area contributed by atoms with Gasteiger partial charge >= 0.3 is 0 Å². The maximum atomic E-state index is 7.23. The van der Waals surface area contributed by atoms with Crippen LogP contribution in [0.3, 0.4) is 0 Å². The number of halogens is 2. The summed E-state index contributed by atoms with van der Waals surface area (Å²) in [4.78, 5) is 0.559. The van der Waals surface area contributed by atoms with E-state index in [0.717, 1.165) is 0 Å². The zero-order chi connectivity index (χ0) is 18.1. The Morgan fingerprint density at radius 3 is 1.58 bits per heavy atom. The van der Waals surface area contributed by atoms with Crippen LogP contribution in [0.4, 0.5) is 0 Å². The fourth-order valence-corrected chi connectivity index (χ4v) is 0.681. The van der Waals surface area contributed by atoms with Crippen LogP contribution >= 0.6 is 24.8 Å². The van der Waals surface area contributed by atoms with Gasteiger partial charge in [0.2, 0.25) is 0 Å². The van der Waals surface area contributed by atoms with Gasteiger partial charge in [-0.1, -0.05) is 6.92 Å². The average Bonchev–Trinajstić information content (AvgIpc) is 2.15. The topological polar surface area (TPSA) is 6.48 Å². The second-order valence-electron chi connectivity index (χ2n) is 2.33. The van der Waals surface area contributed by atoms with Crippen molar-refractivity contribution < 1.29 is 16.4 Å². The third-order valence-corrected chi connectivity index (χ3v) is 0.988. The largest absolute Gasteiger partial charge is 0.309 e. The minimum atomic E-state index is -2.90. The van der Waals surface area contributed by atoms with Crippen molar-refractivity contribution in [1.29, 1.82) is 0 Å². The summed E-state index contributed by atoms with van der Waals surface area (Å²) in [5, 5.41) is 0. The number of rotatable bonds is 4. The first kappa shape index (κ1) is 3.58. The Labute approximate surface area is 106 Å². The summed E-state index contributed by atoms with van der Waals surface area (Å²) in [6, 6.07) is 0. The molecule has 0 heterocycles. The van der Waals surface area contributed by atoms with Gasteiger partial charge < -0.3 is 9.80 Å². The molecule has 0 aromatic carbocycles. The van der Waals surface area contributed by atoms with Crippen molar-refractivity contribution >= 4 is 24.8 Å². The highest BCUT2D eigenvalue weighted by Gasteiger charge is 2.03. The molecule has 0 rings (SSSR count). The Hall–Kier alpha value is 0.500. The van der Waals surface area contributed by atoms with E-state index in [1.54, 1.807) is 0 Å². The third kappa shape index (κ3) is 13.1. The lowest BCUT2D eigenvalue weighted by Crippen LogP contribution is -2.28. The number of nitrogens with zero attached hydrogens (tertiary/aromatic N) is 2. The SMILES string of the molecule is Cl.Cl.[2H]C([2H])([2H])N(CC(C)CN(C([2H])([2H])[2H])C([2H])([2H])[2H])C([2H])([2H])[2H]. The van der Waals surface area contributed by atoms with Crippen LogP contribution in [0.1, 0.15) is 23.4 Å². The Morgan fingerprint density at radius 2 is 1.33 bits per heavy atom. The van der Waals surface area contributed by atoms with Crippen molar-refractivity contribution in [1.82, 2.24) is 9.80 Å². The molecule has 0 aliphatic heterocycles. The quantitative estimate of drug-likeness (QED) is 0.722. The van der Waals surface area contributed by atoms with Crippen LogP contribution in [-0.4, -0.2) is 50.8 Å². The van der Waals surface area contributed by atoms with E-state index in [2.05, 4.69) is 0 Å². The maximum absolute atomic E-state index is 7.23. The van der Waals surface area contributed by atoms with Gasteiger partial charge in [0.1, 0.15) is 0 Å². The van der Waals surface area contributed by atoms with Gasteiger partial charge in [-0.25, -0.2) is 0 Å². The van der Waals surface area contributed by atoms with E-state index in [0.29, 0.717) is 0 Å². The predicted octanol–water partition coefficient (Wildman–Crippen LogP) is 1.59. The lowest BCUT2D eigenvalue weighted by atomic mass is 10.1. The third-order valence-electron chi connectivity index (χ3n) is 0.988. The molecule has 0 aromatic heterocycles. The van der Waals surface area contributed by atoms with E-state index < -0.39 is 46.9 Å². The van der Waals surface area contributed by atoms with E-state index in [1.165, 1.54) is 6.92 Å². The van der Waals surface area contributed by atoms with Crippen LogP contribution in [0.15, 0.2) is 0 Å². The molecule has 0 aliphatic rings. The fourth-order valence-electron chi connectivity index (χ4n) is 0.681. The highest BCUT2D eigenvalue weighted by Crippen LogP contribution is 1.96. The average molecular weight is 229 g/mol. The summed E-state index contributed by atoms with van der Waals surface area (Å²) in [5.74, 6) is -0.804. The van der Waals surface area contributed by atoms with Gasteiger partial charge in [-0.2, -0.15) is 0 Å². The van der Waals surface area contributed by atoms with Crippen molar-refractivity contribution in [3.8, 4) is 0 Å². The molecular formula is C8H22Cl2N2. The van der Waals surface area contributed by atoms with E-state index >= 15 is 0 Å². The van der Waals surface area contributed by atoms with Crippen molar-refractivity contribution in [2.75, 3.05) is 41.0 Å². The Balaban J connectivity index is -0.00000220. The molecule has 0 amide bonds. The highest BCUT2D eigenvalue weighted by molar-refractivity contribution is 5.85. The molecule has 0 saturated carbocycles. The summed E-state index contributed by atoms with van der Waals surface area (Å²) in [7, 11) is 0. The van der Waals surface area contributed by atoms with Gasteiger partial charge in [0.05, 0.1) is 0 Å². The van der Waals surface area contributed by atoms with E-state index in [1.807, 2.05) is 0 Å². The smallest absolute Gasteiger partial charge is 0.0394 e. The van der Waals surface area contributed by atoms with E-state index in [9.17, 15) is 0 Å². The lowest BCUT2D eigenvalue weighted by Gasteiger charge is -2.20. The van der Waals surface area contributed by atoms with Crippen LogP contribution in [0, 0.1) is 5.92 Å². The standard InChI is InChI=1S/C8H20N2.2ClH/c1-8(6-9(2)3)7-10(4)5;;/h8H,6-7H2,1-5H3;2*1H/i2D3,3D3,4D3,5D3;;. The Bertz CT molecular complexity index is 298. The molecule has 0 fully saturated rings. The molecule has 0 N–H and O–H groups in total. The van der Waals surface area contributed by atoms with Gasteiger partial charge in [-0.15, -0.1) is 24.8 Å². The molecule has 4 heteroatoms. The molecule has 78 valence electrons. The van der Waals surface area contributed by atoms with Crippen molar-refractivity contribution in [3.63, 3.8) is 0 Å². The van der Waals surface area contributed by atoms with Gasteiger partial charge in [0.25, 0.3) is 0 Å². The second kappa shape index (κ2) is 9.59. The molecule has 0 unspecified atom stereocenters. The van der Waals surface area contributed by atoms with E-state index in [4.69, 9.17) is 16.4 Å². The lowest BCUT2D eigenvalue weighted by molar-refractivity contribution is 0.273. The molecule has 0 aromatic rings. The maximum Gasteiger partial charge on any atom is 0.0394 e. The van der Waals surface area contributed by atoms with Crippen molar-refractivity contribution in [3.05, 3.63) is 0 Å². The molecule has 0 saturated heterocycles. The highest BCUT2D eigenvalue weighted by atomic mass is 35.5. The minimum absolute atomic E-state index is 0. The van der Waals surface area contributed by atoms with Crippen LogP contribution in [-0.2, 0) is 0 Å². The molecule has 2 nitrogen and oxygen atoms in total.